The number of nitrogens with one attached hydrogen (secondary N) is 2. The van der Waals surface area contributed by atoms with Gasteiger partial charge in [-0.2, -0.15) is 0 Å². The average Bonchev–Trinajstić information content (AvgIpc) is 2.45. The van der Waals surface area contributed by atoms with Gasteiger partial charge in [-0.05, 0) is 18.6 Å². The normalized spacial score (nSPS) is 25.9. The topological polar surface area (TPSA) is 61.4 Å². The molecular formula is C15H19N3O2. The number of nitrogens with zero attached hydrogens (tertiary/aromatic N) is 1. The molecule has 2 aliphatic heterocycles. The molecule has 1 saturated heterocycles. The fourth-order valence-corrected chi connectivity index (χ4v) is 2.98. The van der Waals surface area contributed by atoms with Gasteiger partial charge in [0.15, 0.2) is 0 Å². The van der Waals surface area contributed by atoms with Gasteiger partial charge in [-0.1, -0.05) is 18.2 Å². The van der Waals surface area contributed by atoms with E-state index in [1.807, 2.05) is 29.2 Å². The number of fused-ring (bicyclic) bond motifs is 1. The van der Waals surface area contributed by atoms with Crippen molar-refractivity contribution in [2.75, 3.05) is 25.0 Å². The van der Waals surface area contributed by atoms with Gasteiger partial charge in [0, 0.05) is 37.8 Å². The van der Waals surface area contributed by atoms with Crippen molar-refractivity contribution in [3.63, 3.8) is 0 Å². The van der Waals surface area contributed by atoms with Gasteiger partial charge in [-0.15, -0.1) is 0 Å². The minimum atomic E-state index is -0.342. The maximum atomic E-state index is 12.7. The van der Waals surface area contributed by atoms with E-state index in [0.29, 0.717) is 19.1 Å². The summed E-state index contributed by atoms with van der Waals surface area (Å²) in [6.45, 7) is 4.30. The summed E-state index contributed by atoms with van der Waals surface area (Å²) < 4.78 is 0. The molecule has 0 radical (unpaired) electrons. The second-order valence-corrected chi connectivity index (χ2v) is 5.53. The highest BCUT2D eigenvalue weighted by Crippen LogP contribution is 2.33. The summed E-state index contributed by atoms with van der Waals surface area (Å²) in [6, 6.07) is 7.88. The van der Waals surface area contributed by atoms with Crippen LogP contribution in [0.4, 0.5) is 5.69 Å². The largest absolute Gasteiger partial charge is 0.339 e. The van der Waals surface area contributed by atoms with E-state index in [2.05, 4.69) is 17.6 Å². The maximum absolute atomic E-state index is 12.7. The monoisotopic (exact) mass is 273 g/mol. The van der Waals surface area contributed by atoms with Crippen LogP contribution in [0.3, 0.4) is 0 Å². The molecular weight excluding hydrogens is 254 g/mol. The predicted octanol–water partition coefficient (Wildman–Crippen LogP) is 0.933. The van der Waals surface area contributed by atoms with E-state index >= 15 is 0 Å². The van der Waals surface area contributed by atoms with Crippen LogP contribution in [-0.4, -0.2) is 42.4 Å². The summed E-state index contributed by atoms with van der Waals surface area (Å²) >= 11 is 0. The van der Waals surface area contributed by atoms with Crippen molar-refractivity contribution in [3.8, 4) is 0 Å². The zero-order valence-electron chi connectivity index (χ0n) is 11.6. The van der Waals surface area contributed by atoms with Gasteiger partial charge >= 0.3 is 0 Å². The third-order valence-corrected chi connectivity index (χ3v) is 3.98. The highest BCUT2D eigenvalue weighted by atomic mass is 16.2. The number of carbonyl (C=O) groups is 2. The molecule has 1 aromatic rings. The number of hydrogen-bond donors (Lipinski definition) is 2. The third kappa shape index (κ3) is 2.41. The minimum absolute atomic E-state index is 0.0700. The average molecular weight is 273 g/mol. The Morgan fingerprint density at radius 3 is 2.95 bits per heavy atom. The molecule has 2 heterocycles. The lowest BCUT2D eigenvalue weighted by Crippen LogP contribution is -2.53. The molecule has 0 saturated carbocycles. The third-order valence-electron chi connectivity index (χ3n) is 3.98. The predicted molar refractivity (Wildman–Crippen MR) is 76.5 cm³/mol. The molecule has 5 heteroatoms. The van der Waals surface area contributed by atoms with Gasteiger partial charge in [-0.25, -0.2) is 0 Å². The SMILES string of the molecule is CC1CN(C(=O)C2CC(=O)Nc3ccccc32)CCN1. The molecule has 2 amide bonds. The van der Waals surface area contributed by atoms with Gasteiger partial charge in [0.05, 0.1) is 5.92 Å². The first-order valence-corrected chi connectivity index (χ1v) is 7.06. The number of amides is 2. The summed E-state index contributed by atoms with van der Waals surface area (Å²) in [4.78, 5) is 26.4. The second-order valence-electron chi connectivity index (χ2n) is 5.53. The molecule has 20 heavy (non-hydrogen) atoms. The highest BCUT2D eigenvalue weighted by Gasteiger charge is 2.34. The second kappa shape index (κ2) is 5.25. The first kappa shape index (κ1) is 13.1. The van der Waals surface area contributed by atoms with Crippen molar-refractivity contribution in [1.82, 2.24) is 10.2 Å². The fraction of sp³-hybridized carbons (Fsp3) is 0.467. The van der Waals surface area contributed by atoms with Crippen LogP contribution in [0.1, 0.15) is 24.8 Å². The molecule has 2 atom stereocenters. The molecule has 0 aliphatic carbocycles. The molecule has 2 aliphatic rings. The lowest BCUT2D eigenvalue weighted by atomic mass is 9.89. The van der Waals surface area contributed by atoms with Gasteiger partial charge in [0.2, 0.25) is 11.8 Å². The minimum Gasteiger partial charge on any atom is -0.339 e. The molecule has 106 valence electrons. The molecule has 1 aromatic carbocycles. The Bertz CT molecular complexity index is 544. The number of rotatable bonds is 1. The highest BCUT2D eigenvalue weighted by molar-refractivity contribution is 6.01. The van der Waals surface area contributed by atoms with E-state index in [4.69, 9.17) is 0 Å². The first-order valence-electron chi connectivity index (χ1n) is 7.06. The van der Waals surface area contributed by atoms with Crippen LogP contribution in [0.25, 0.3) is 0 Å². The van der Waals surface area contributed by atoms with Crippen LogP contribution in [0.15, 0.2) is 24.3 Å². The Hall–Kier alpha value is -1.88. The molecule has 2 N–H and O–H groups in total. The quantitative estimate of drug-likeness (QED) is 0.800. The van der Waals surface area contributed by atoms with E-state index in [1.54, 1.807) is 0 Å². The van der Waals surface area contributed by atoms with Gasteiger partial charge in [0.25, 0.3) is 0 Å². The number of anilines is 1. The van der Waals surface area contributed by atoms with Crippen LogP contribution in [0, 0.1) is 0 Å². The van der Waals surface area contributed by atoms with Crippen molar-refractivity contribution in [1.29, 1.82) is 0 Å². The van der Waals surface area contributed by atoms with Crippen LogP contribution < -0.4 is 10.6 Å². The number of carbonyl (C=O) groups excluding carboxylic acids is 2. The van der Waals surface area contributed by atoms with Crippen molar-refractivity contribution in [2.24, 2.45) is 0 Å². The Balaban J connectivity index is 1.86. The maximum Gasteiger partial charge on any atom is 0.230 e. The standard InChI is InChI=1S/C15H19N3O2/c1-10-9-18(7-6-16-10)15(20)12-8-14(19)17-13-5-3-2-4-11(12)13/h2-5,10,12,16H,6-9H2,1H3,(H,17,19). The molecule has 5 nitrogen and oxygen atoms in total. The Labute approximate surface area is 118 Å². The molecule has 3 rings (SSSR count). The number of benzene rings is 1. The summed E-state index contributed by atoms with van der Waals surface area (Å²) in [5.41, 5.74) is 1.70. The van der Waals surface area contributed by atoms with Gasteiger partial charge in [-0.3, -0.25) is 9.59 Å². The Kier molecular flexibility index (Phi) is 3.44. The van der Waals surface area contributed by atoms with Gasteiger partial charge < -0.3 is 15.5 Å². The van der Waals surface area contributed by atoms with Crippen LogP contribution in [-0.2, 0) is 9.59 Å². The summed E-state index contributed by atoms with van der Waals surface area (Å²) in [7, 11) is 0. The molecule has 0 aromatic heterocycles. The Morgan fingerprint density at radius 1 is 1.35 bits per heavy atom. The van der Waals surface area contributed by atoms with Crippen LogP contribution in [0.2, 0.25) is 0 Å². The van der Waals surface area contributed by atoms with Crippen molar-refractivity contribution < 1.29 is 9.59 Å². The first-order chi connectivity index (χ1) is 9.65. The number of piperazine rings is 1. The lowest BCUT2D eigenvalue weighted by molar-refractivity contribution is -0.136. The van der Waals surface area contributed by atoms with E-state index in [1.165, 1.54) is 0 Å². The summed E-state index contributed by atoms with van der Waals surface area (Å²) in [5.74, 6) is -0.351. The summed E-state index contributed by atoms with van der Waals surface area (Å²) in [6.07, 6.45) is 0.244. The molecule has 0 spiro atoms. The molecule has 1 fully saturated rings. The molecule has 0 bridgehead atoms. The van der Waals surface area contributed by atoms with E-state index in [9.17, 15) is 9.59 Å². The van der Waals surface area contributed by atoms with Crippen LogP contribution >= 0.6 is 0 Å². The summed E-state index contributed by atoms with van der Waals surface area (Å²) in [5, 5.41) is 6.16. The molecule has 2 unspecified atom stereocenters. The van der Waals surface area contributed by atoms with Crippen molar-refractivity contribution >= 4 is 17.5 Å². The Morgan fingerprint density at radius 2 is 2.15 bits per heavy atom. The van der Waals surface area contributed by atoms with E-state index in [0.717, 1.165) is 17.8 Å². The van der Waals surface area contributed by atoms with Crippen molar-refractivity contribution in [2.45, 2.75) is 25.3 Å². The van der Waals surface area contributed by atoms with Crippen LogP contribution in [0.5, 0.6) is 0 Å². The number of hydrogen-bond acceptors (Lipinski definition) is 3. The van der Waals surface area contributed by atoms with Gasteiger partial charge in [0.1, 0.15) is 0 Å². The van der Waals surface area contributed by atoms with Crippen molar-refractivity contribution in [3.05, 3.63) is 29.8 Å². The smallest absolute Gasteiger partial charge is 0.230 e. The van der Waals surface area contributed by atoms with E-state index < -0.39 is 0 Å². The fourth-order valence-electron chi connectivity index (χ4n) is 2.98. The zero-order valence-corrected chi connectivity index (χ0v) is 11.6. The zero-order chi connectivity index (χ0) is 14.1. The number of para-hydroxylation sites is 1. The lowest BCUT2D eigenvalue weighted by Gasteiger charge is -2.35. The van der Waals surface area contributed by atoms with E-state index in [-0.39, 0.29) is 24.2 Å².